The molecule has 1 N–H and O–H groups in total. The summed E-state index contributed by atoms with van der Waals surface area (Å²) in [7, 11) is 0. The van der Waals surface area contributed by atoms with E-state index in [2.05, 4.69) is 37.0 Å². The van der Waals surface area contributed by atoms with E-state index in [1.165, 1.54) is 11.3 Å². The van der Waals surface area contributed by atoms with Gasteiger partial charge in [0.1, 0.15) is 0 Å². The van der Waals surface area contributed by atoms with Crippen LogP contribution in [0.4, 0.5) is 0 Å². The topological polar surface area (TPSA) is 12.0 Å². The van der Waals surface area contributed by atoms with Crippen molar-refractivity contribution in [2.45, 2.75) is 6.92 Å². The molecule has 1 rings (SSSR count). The van der Waals surface area contributed by atoms with E-state index in [4.69, 9.17) is 0 Å². The maximum Gasteiger partial charge on any atom is 0.0357 e. The highest BCUT2D eigenvalue weighted by Gasteiger charge is 1.97. The molecule has 0 fully saturated rings. The summed E-state index contributed by atoms with van der Waals surface area (Å²) in [6, 6.07) is 0. The van der Waals surface area contributed by atoms with E-state index in [9.17, 15) is 0 Å². The fraction of sp³-hybridized carbons (Fsp3) is 0.429. The van der Waals surface area contributed by atoms with Crippen LogP contribution in [-0.2, 0) is 0 Å². The standard InChI is InChI=1S/C7H11NS/c1-6-2-3-7(5-9)8-4-6/h2-3,8-9H,4-5H2,1H3. The Morgan fingerprint density at radius 2 is 2.44 bits per heavy atom. The molecule has 0 saturated carbocycles. The van der Waals surface area contributed by atoms with E-state index < -0.39 is 0 Å². The Morgan fingerprint density at radius 3 is 2.89 bits per heavy atom. The summed E-state index contributed by atoms with van der Waals surface area (Å²) in [6.07, 6.45) is 4.20. The van der Waals surface area contributed by atoms with Crippen LogP contribution in [0.2, 0.25) is 0 Å². The van der Waals surface area contributed by atoms with Gasteiger partial charge in [-0.1, -0.05) is 11.6 Å². The normalized spacial score (nSPS) is 18.0. The first kappa shape index (κ1) is 6.75. The zero-order chi connectivity index (χ0) is 6.69. The lowest BCUT2D eigenvalue weighted by Gasteiger charge is -2.12. The van der Waals surface area contributed by atoms with Crippen molar-refractivity contribution >= 4 is 12.6 Å². The predicted octanol–water partition coefficient (Wildman–Crippen LogP) is 1.35. The van der Waals surface area contributed by atoms with Crippen molar-refractivity contribution in [2.75, 3.05) is 12.3 Å². The van der Waals surface area contributed by atoms with Crippen molar-refractivity contribution in [1.82, 2.24) is 5.32 Å². The quantitative estimate of drug-likeness (QED) is 0.525. The molecule has 0 aromatic carbocycles. The van der Waals surface area contributed by atoms with E-state index >= 15 is 0 Å². The molecule has 0 unspecified atom stereocenters. The average Bonchev–Trinajstić information content (AvgIpc) is 1.90. The summed E-state index contributed by atoms with van der Waals surface area (Å²) in [5.41, 5.74) is 2.59. The molecule has 50 valence electrons. The van der Waals surface area contributed by atoms with Crippen molar-refractivity contribution in [3.63, 3.8) is 0 Å². The number of hydrogen-bond acceptors (Lipinski definition) is 2. The molecule has 0 saturated heterocycles. The van der Waals surface area contributed by atoms with E-state index in [-0.39, 0.29) is 0 Å². The van der Waals surface area contributed by atoms with E-state index in [0.29, 0.717) is 0 Å². The molecule has 0 amide bonds. The Hall–Kier alpha value is -0.370. The van der Waals surface area contributed by atoms with Gasteiger partial charge in [-0.25, -0.2) is 0 Å². The molecular weight excluding hydrogens is 130 g/mol. The lowest BCUT2D eigenvalue weighted by Crippen LogP contribution is -2.19. The van der Waals surface area contributed by atoms with Gasteiger partial charge in [0.15, 0.2) is 0 Å². The molecular formula is C7H11NS. The van der Waals surface area contributed by atoms with Crippen LogP contribution in [0, 0.1) is 0 Å². The van der Waals surface area contributed by atoms with Crippen molar-refractivity contribution in [3.05, 3.63) is 23.4 Å². The lowest BCUT2D eigenvalue weighted by molar-refractivity contribution is 0.858. The van der Waals surface area contributed by atoms with Gasteiger partial charge in [0.25, 0.3) is 0 Å². The second-order valence-corrected chi connectivity index (χ2v) is 2.53. The lowest BCUT2D eigenvalue weighted by atomic mass is 10.2. The van der Waals surface area contributed by atoms with Gasteiger partial charge in [0, 0.05) is 18.0 Å². The molecule has 0 spiro atoms. The molecule has 0 aromatic heterocycles. The van der Waals surface area contributed by atoms with Crippen LogP contribution in [0.1, 0.15) is 6.92 Å². The third kappa shape index (κ3) is 1.79. The Labute approximate surface area is 61.2 Å². The zero-order valence-electron chi connectivity index (χ0n) is 5.52. The van der Waals surface area contributed by atoms with Crippen molar-refractivity contribution in [2.24, 2.45) is 0 Å². The summed E-state index contributed by atoms with van der Waals surface area (Å²) in [6.45, 7) is 3.09. The number of allylic oxidation sites excluding steroid dienone is 2. The fourth-order valence-electron chi connectivity index (χ4n) is 0.722. The maximum absolute atomic E-state index is 4.13. The molecule has 0 radical (unpaired) electrons. The molecule has 1 aliphatic heterocycles. The monoisotopic (exact) mass is 141 g/mol. The minimum absolute atomic E-state index is 0.809. The van der Waals surface area contributed by atoms with E-state index in [0.717, 1.165) is 12.3 Å². The van der Waals surface area contributed by atoms with Crippen LogP contribution in [0.25, 0.3) is 0 Å². The van der Waals surface area contributed by atoms with Gasteiger partial charge in [-0.2, -0.15) is 12.6 Å². The molecule has 0 atom stereocenters. The number of thiol groups is 1. The summed E-state index contributed by atoms with van der Waals surface area (Å²) >= 11 is 4.13. The Kier molecular flexibility index (Phi) is 2.22. The highest BCUT2D eigenvalue weighted by Crippen LogP contribution is 2.03. The minimum Gasteiger partial charge on any atom is -0.384 e. The van der Waals surface area contributed by atoms with Gasteiger partial charge < -0.3 is 5.32 Å². The van der Waals surface area contributed by atoms with Gasteiger partial charge in [-0.05, 0) is 13.0 Å². The summed E-state index contributed by atoms with van der Waals surface area (Å²) in [4.78, 5) is 0. The van der Waals surface area contributed by atoms with Crippen LogP contribution in [0.15, 0.2) is 23.4 Å². The first-order chi connectivity index (χ1) is 4.33. The molecule has 9 heavy (non-hydrogen) atoms. The smallest absolute Gasteiger partial charge is 0.0357 e. The van der Waals surface area contributed by atoms with Crippen molar-refractivity contribution in [1.29, 1.82) is 0 Å². The zero-order valence-corrected chi connectivity index (χ0v) is 6.41. The summed E-state index contributed by atoms with van der Waals surface area (Å²) in [5.74, 6) is 0.809. The van der Waals surface area contributed by atoms with Gasteiger partial charge in [-0.3, -0.25) is 0 Å². The predicted molar refractivity (Wildman–Crippen MR) is 43.7 cm³/mol. The Balaban J connectivity index is 2.59. The van der Waals surface area contributed by atoms with Gasteiger partial charge in [-0.15, -0.1) is 0 Å². The fourth-order valence-corrected chi connectivity index (χ4v) is 0.939. The number of hydrogen-bond donors (Lipinski definition) is 2. The van der Waals surface area contributed by atoms with Gasteiger partial charge in [0.05, 0.1) is 0 Å². The molecule has 2 heteroatoms. The maximum atomic E-state index is 4.13. The first-order valence-electron chi connectivity index (χ1n) is 3.04. The van der Waals surface area contributed by atoms with Crippen LogP contribution >= 0.6 is 12.6 Å². The largest absolute Gasteiger partial charge is 0.384 e. The highest BCUT2D eigenvalue weighted by molar-refractivity contribution is 7.80. The first-order valence-corrected chi connectivity index (χ1v) is 3.67. The van der Waals surface area contributed by atoms with E-state index in [1.54, 1.807) is 0 Å². The summed E-state index contributed by atoms with van der Waals surface area (Å²) < 4.78 is 0. The van der Waals surface area contributed by atoms with Crippen molar-refractivity contribution < 1.29 is 0 Å². The summed E-state index contributed by atoms with van der Waals surface area (Å²) in [5, 5.41) is 3.23. The van der Waals surface area contributed by atoms with Gasteiger partial charge >= 0.3 is 0 Å². The second kappa shape index (κ2) is 2.97. The minimum atomic E-state index is 0.809. The number of nitrogens with one attached hydrogen (secondary N) is 1. The molecule has 0 bridgehead atoms. The van der Waals surface area contributed by atoms with Crippen LogP contribution in [0.5, 0.6) is 0 Å². The molecule has 1 heterocycles. The highest BCUT2D eigenvalue weighted by atomic mass is 32.1. The van der Waals surface area contributed by atoms with Crippen LogP contribution < -0.4 is 5.32 Å². The van der Waals surface area contributed by atoms with E-state index in [1.807, 2.05) is 0 Å². The Morgan fingerprint density at radius 1 is 1.67 bits per heavy atom. The van der Waals surface area contributed by atoms with Crippen molar-refractivity contribution in [3.8, 4) is 0 Å². The Bertz CT molecular complexity index is 158. The van der Waals surface area contributed by atoms with Gasteiger partial charge in [0.2, 0.25) is 0 Å². The van der Waals surface area contributed by atoms with Crippen LogP contribution in [0.3, 0.4) is 0 Å². The molecule has 0 aromatic rings. The molecule has 0 aliphatic carbocycles. The second-order valence-electron chi connectivity index (χ2n) is 2.22. The molecule has 1 aliphatic rings. The number of dihydropyridines is 1. The number of rotatable bonds is 1. The third-order valence-electron chi connectivity index (χ3n) is 1.33. The third-order valence-corrected chi connectivity index (χ3v) is 1.67. The molecule has 1 nitrogen and oxygen atoms in total. The van der Waals surface area contributed by atoms with Crippen LogP contribution in [-0.4, -0.2) is 12.3 Å². The average molecular weight is 141 g/mol. The SMILES string of the molecule is CC1=CC=C(CS)NC1.